The fourth-order valence-electron chi connectivity index (χ4n) is 8.03. The van der Waals surface area contributed by atoms with Crippen molar-refractivity contribution >= 4 is 27.5 Å². The second-order valence-corrected chi connectivity index (χ2v) is 20.8. The number of fused-ring (bicyclic) bond motifs is 3. The van der Waals surface area contributed by atoms with E-state index in [4.69, 9.17) is 0 Å². The molecular formula is C45H51Cl3SiTi. The standard InChI is InChI=1S/C45H51Si.3ClH.Ti/c1-11-32-24-33(12-2)26-37(25-32)46(36-22-30(3)21-31(4)23-36,38-28-34(44(5,6)7)27-35(29-38)45(8,9)10)43-41-19-15-13-17-39(41)40-18-14-16-20-42(40)43;;;;/h13-19,21-29,43H,11-12H2,1-10H3;3*1H;/q;;;;+3/p-3. The molecule has 50 heavy (non-hydrogen) atoms. The average molecular weight is 774 g/mol. The van der Waals surface area contributed by atoms with Crippen LogP contribution in [0.5, 0.6) is 0 Å². The van der Waals surface area contributed by atoms with Gasteiger partial charge in [0.25, 0.3) is 0 Å². The molecule has 5 heteroatoms. The van der Waals surface area contributed by atoms with Crippen LogP contribution in [-0.4, -0.2) is 8.07 Å². The molecule has 2 unspecified atom stereocenters. The molecule has 0 aliphatic heterocycles. The van der Waals surface area contributed by atoms with Gasteiger partial charge in [0.05, 0.1) is 0 Å². The first-order valence-electron chi connectivity index (χ1n) is 17.5. The summed E-state index contributed by atoms with van der Waals surface area (Å²) < 4.78 is 1.40. The third-order valence-corrected chi connectivity index (χ3v) is 16.3. The van der Waals surface area contributed by atoms with Crippen LogP contribution in [0, 0.1) is 13.8 Å². The van der Waals surface area contributed by atoms with E-state index in [1.54, 1.807) is 5.19 Å². The smallest absolute Gasteiger partial charge is 1.00 e. The van der Waals surface area contributed by atoms with Gasteiger partial charge in [-0.1, -0.05) is 0 Å². The summed E-state index contributed by atoms with van der Waals surface area (Å²) >= 11 is 2.35. The zero-order chi connectivity index (χ0) is 33.9. The third-order valence-electron chi connectivity index (χ3n) is 10.5. The zero-order valence-electron chi connectivity index (χ0n) is 31.4. The Morgan fingerprint density at radius 3 is 1.56 bits per heavy atom. The van der Waals surface area contributed by atoms with Crippen LogP contribution in [0.2, 0.25) is 0 Å². The fourth-order valence-corrected chi connectivity index (χ4v) is 14.8. The Hall–Kier alpha value is -2.10. The maximum absolute atomic E-state index is 2.90. The molecule has 5 aromatic carbocycles. The van der Waals surface area contributed by atoms with Crippen molar-refractivity contribution < 1.29 is 57.7 Å². The van der Waals surface area contributed by atoms with Gasteiger partial charge in [0.1, 0.15) is 0 Å². The first kappa shape index (κ1) is 42.3. The van der Waals surface area contributed by atoms with Gasteiger partial charge in [-0.15, -0.1) is 0 Å². The summed E-state index contributed by atoms with van der Waals surface area (Å²) in [6.07, 6.45) is 2.06. The van der Waals surface area contributed by atoms with Gasteiger partial charge >= 0.3 is 299 Å². The second kappa shape index (κ2) is 15.9. The van der Waals surface area contributed by atoms with E-state index in [-0.39, 0.29) is 53.6 Å². The molecule has 0 radical (unpaired) electrons. The summed E-state index contributed by atoms with van der Waals surface area (Å²) in [6, 6.07) is 39.3. The van der Waals surface area contributed by atoms with E-state index in [2.05, 4.69) is 187 Å². The predicted octanol–water partition coefficient (Wildman–Crippen LogP) is 0.0292. The minimum absolute atomic E-state index is 0. The molecule has 6 rings (SSSR count). The first-order valence-corrected chi connectivity index (χ1v) is 20.4. The first-order chi connectivity index (χ1) is 22.2. The van der Waals surface area contributed by atoms with Crippen molar-refractivity contribution in [2.24, 2.45) is 0 Å². The van der Waals surface area contributed by atoms with E-state index in [1.807, 2.05) is 0 Å². The molecule has 0 saturated carbocycles. The molecular weight excluding hydrogens is 723 g/mol. The Balaban J connectivity index is 0.00000225. The number of hydrogen-bond donors (Lipinski definition) is 0. The molecule has 1 aliphatic rings. The average Bonchev–Trinajstić information content (AvgIpc) is 3.36. The van der Waals surface area contributed by atoms with Gasteiger partial charge < -0.3 is 37.2 Å². The molecule has 0 saturated heterocycles. The molecule has 0 heterocycles. The van der Waals surface area contributed by atoms with Gasteiger partial charge in [0, 0.05) is 0 Å². The number of rotatable bonds is 6. The van der Waals surface area contributed by atoms with Crippen molar-refractivity contribution in [2.75, 3.05) is 0 Å². The molecule has 0 aromatic heterocycles. The van der Waals surface area contributed by atoms with Gasteiger partial charge in [0.2, 0.25) is 0 Å². The summed E-state index contributed by atoms with van der Waals surface area (Å²) in [5.74, 6) is 0. The SMILES string of the molecule is CCc1cc(CC)cc([Si](c2cc(C)cc(C)c2)(c2cc(C(C)(C)C)cc(C(C)(C)C)c2)C2c3ccccc3-c3ccc[c]([Ti+3])c32)c1.[Cl-].[Cl-].[Cl-]. The van der Waals surface area contributed by atoms with Crippen molar-refractivity contribution in [1.82, 2.24) is 0 Å². The topological polar surface area (TPSA) is 0 Å². The van der Waals surface area contributed by atoms with Gasteiger partial charge in [-0.3, -0.25) is 0 Å². The van der Waals surface area contributed by atoms with Crippen LogP contribution in [0.3, 0.4) is 0 Å². The summed E-state index contributed by atoms with van der Waals surface area (Å²) in [6.45, 7) is 23.5. The normalized spacial score (nSPS) is 14.8. The van der Waals surface area contributed by atoms with Crippen LogP contribution in [0.15, 0.2) is 97.1 Å². The van der Waals surface area contributed by atoms with Crippen LogP contribution in [0.4, 0.5) is 0 Å². The molecule has 0 N–H and O–H groups in total. The quantitative estimate of drug-likeness (QED) is 0.169. The minimum Gasteiger partial charge on any atom is -1.00 e. The van der Waals surface area contributed by atoms with E-state index >= 15 is 0 Å². The Morgan fingerprint density at radius 2 is 1.04 bits per heavy atom. The second-order valence-electron chi connectivity index (χ2n) is 16.0. The van der Waals surface area contributed by atoms with Gasteiger partial charge in [-0.05, 0) is 0 Å². The summed E-state index contributed by atoms with van der Waals surface area (Å²) in [5.41, 5.74) is 14.5. The van der Waals surface area contributed by atoms with Gasteiger partial charge in [0.15, 0.2) is 0 Å². The van der Waals surface area contributed by atoms with E-state index in [1.165, 1.54) is 69.9 Å². The molecule has 260 valence electrons. The van der Waals surface area contributed by atoms with Crippen LogP contribution in [-0.2, 0) is 44.1 Å². The van der Waals surface area contributed by atoms with Gasteiger partial charge in [-0.2, -0.15) is 0 Å². The Bertz CT molecular complexity index is 1910. The van der Waals surface area contributed by atoms with Crippen LogP contribution < -0.4 is 56.6 Å². The Kier molecular flexibility index (Phi) is 13.4. The molecule has 0 nitrogen and oxygen atoms in total. The van der Waals surface area contributed by atoms with Crippen molar-refractivity contribution in [2.45, 2.75) is 98.5 Å². The van der Waals surface area contributed by atoms with Crippen LogP contribution >= 0.6 is 0 Å². The van der Waals surface area contributed by atoms with Crippen LogP contribution in [0.1, 0.15) is 105 Å². The number of hydrogen-bond acceptors (Lipinski definition) is 0. The van der Waals surface area contributed by atoms with E-state index in [0.29, 0.717) is 0 Å². The molecule has 2 atom stereocenters. The molecule has 0 fully saturated rings. The summed E-state index contributed by atoms with van der Waals surface area (Å²) in [4.78, 5) is 0. The molecule has 1 aliphatic carbocycles. The van der Waals surface area contributed by atoms with Crippen molar-refractivity contribution in [3.63, 3.8) is 0 Å². The van der Waals surface area contributed by atoms with Crippen molar-refractivity contribution in [1.29, 1.82) is 0 Å². The Morgan fingerprint density at radius 1 is 0.560 bits per heavy atom. The van der Waals surface area contributed by atoms with Crippen LogP contribution in [0.25, 0.3) is 11.1 Å². The third kappa shape index (κ3) is 7.52. The van der Waals surface area contributed by atoms with Gasteiger partial charge in [-0.25, -0.2) is 0 Å². The monoisotopic (exact) mass is 772 g/mol. The molecule has 0 bridgehead atoms. The minimum atomic E-state index is -2.90. The molecule has 5 aromatic rings. The maximum Gasteiger partial charge on any atom is -1.00 e. The van der Waals surface area contributed by atoms with E-state index in [0.717, 1.165) is 12.8 Å². The number of halogens is 3. The van der Waals surface area contributed by atoms with E-state index < -0.39 is 8.07 Å². The summed E-state index contributed by atoms with van der Waals surface area (Å²) in [7, 11) is -2.90. The van der Waals surface area contributed by atoms with Crippen molar-refractivity contribution in [3.8, 4) is 11.1 Å². The number of benzene rings is 5. The van der Waals surface area contributed by atoms with E-state index in [9.17, 15) is 0 Å². The predicted molar refractivity (Wildman–Crippen MR) is 203 cm³/mol. The fraction of sp³-hybridized carbons (Fsp3) is 0.333. The largest absolute Gasteiger partial charge is 1.00 e. The maximum atomic E-state index is 2.64. The molecule has 0 spiro atoms. The Labute approximate surface area is 333 Å². The van der Waals surface area contributed by atoms with Crippen molar-refractivity contribution in [3.05, 3.63) is 142 Å². The zero-order valence-corrected chi connectivity index (χ0v) is 36.2. The molecule has 0 amide bonds. The number of aryl methyl sites for hydroxylation is 4. The summed E-state index contributed by atoms with van der Waals surface area (Å²) in [5, 5.41) is 4.60.